The third kappa shape index (κ3) is 1.67. The predicted molar refractivity (Wildman–Crippen MR) is 39.9 cm³/mol. The summed E-state index contributed by atoms with van der Waals surface area (Å²) in [5.41, 5.74) is 8.08. The first-order valence-corrected chi connectivity index (χ1v) is 3.57. The second-order valence-electron chi connectivity index (χ2n) is 2.98. The van der Waals surface area contributed by atoms with Gasteiger partial charge in [-0.1, -0.05) is 0 Å². The molecule has 0 heterocycles. The Kier molecular flexibility index (Phi) is 2.25. The van der Waals surface area contributed by atoms with Crippen molar-refractivity contribution in [1.29, 1.82) is 0 Å². The zero-order valence-electron chi connectivity index (χ0n) is 6.26. The summed E-state index contributed by atoms with van der Waals surface area (Å²) in [5.74, 6) is 0. The monoisotopic (exact) mass is 144 g/mol. The maximum Gasteiger partial charge on any atom is 0.0286 e. The Morgan fingerprint density at radius 2 is 2.30 bits per heavy atom. The van der Waals surface area contributed by atoms with Crippen LogP contribution in [-0.4, -0.2) is 24.3 Å². The number of nitrogens with two attached hydrogens (primary N) is 1. The molecule has 0 bridgehead atoms. The van der Waals surface area contributed by atoms with Gasteiger partial charge >= 0.3 is 0 Å². The molecule has 1 rings (SSSR count). The van der Waals surface area contributed by atoms with Crippen LogP contribution in [0.15, 0.2) is 0 Å². The van der Waals surface area contributed by atoms with Crippen LogP contribution in [0.3, 0.4) is 0 Å². The Morgan fingerprint density at radius 3 is 2.60 bits per heavy atom. The molecule has 0 radical (unpaired) electrons. The van der Waals surface area contributed by atoms with E-state index in [1.54, 1.807) is 7.05 Å². The summed E-state index contributed by atoms with van der Waals surface area (Å²) in [6, 6.07) is 0. The minimum absolute atomic E-state index is 0.204. The highest BCUT2D eigenvalue weighted by atomic mass is 16.5. The smallest absolute Gasteiger partial charge is 0.0286 e. The molecule has 60 valence electrons. The SMILES string of the molecule is CNN([O-])CC1(N)CCC1. The molecule has 0 aromatic carbocycles. The molecule has 0 amide bonds. The lowest BCUT2D eigenvalue weighted by Gasteiger charge is -2.44. The van der Waals surface area contributed by atoms with Crippen LogP contribution in [-0.2, 0) is 0 Å². The van der Waals surface area contributed by atoms with Gasteiger partial charge in [0.15, 0.2) is 0 Å². The summed E-state index contributed by atoms with van der Waals surface area (Å²) >= 11 is 0. The van der Waals surface area contributed by atoms with Gasteiger partial charge in [-0.2, -0.15) is 0 Å². The lowest BCUT2D eigenvalue weighted by molar-refractivity contribution is 0.153. The number of hydrogen-bond acceptors (Lipinski definition) is 4. The average Bonchev–Trinajstić information content (AvgIpc) is 1.84. The molecule has 1 aliphatic rings. The van der Waals surface area contributed by atoms with Crippen molar-refractivity contribution in [1.82, 2.24) is 10.6 Å². The minimum Gasteiger partial charge on any atom is -0.772 e. The molecule has 1 fully saturated rings. The molecule has 0 aromatic heterocycles. The van der Waals surface area contributed by atoms with E-state index < -0.39 is 0 Å². The average molecular weight is 144 g/mol. The Morgan fingerprint density at radius 1 is 1.70 bits per heavy atom. The largest absolute Gasteiger partial charge is 0.772 e. The van der Waals surface area contributed by atoms with Crippen molar-refractivity contribution in [2.24, 2.45) is 5.73 Å². The fourth-order valence-electron chi connectivity index (χ4n) is 1.15. The van der Waals surface area contributed by atoms with Gasteiger partial charge in [0.1, 0.15) is 0 Å². The molecule has 0 unspecified atom stereocenters. The quantitative estimate of drug-likeness (QED) is 0.538. The third-order valence-corrected chi connectivity index (χ3v) is 2.06. The standard InChI is InChI=1S/C6H14N3O/c1-8-9(10)5-6(7)3-2-4-6/h8H,2-5,7H2,1H3/q-1. The summed E-state index contributed by atoms with van der Waals surface area (Å²) < 4.78 is 0. The maximum atomic E-state index is 10.7. The van der Waals surface area contributed by atoms with Crippen LogP contribution in [0.1, 0.15) is 19.3 Å². The van der Waals surface area contributed by atoms with Gasteiger partial charge in [-0.3, -0.25) is 5.43 Å². The Labute approximate surface area is 60.9 Å². The van der Waals surface area contributed by atoms with Crippen LogP contribution in [0.25, 0.3) is 0 Å². The first-order valence-electron chi connectivity index (χ1n) is 3.57. The Balaban J connectivity index is 2.22. The number of rotatable bonds is 3. The fourth-order valence-corrected chi connectivity index (χ4v) is 1.15. The number of nitrogens with one attached hydrogen (secondary N) is 1. The van der Waals surface area contributed by atoms with Gasteiger partial charge in [-0.15, -0.1) is 0 Å². The van der Waals surface area contributed by atoms with Crippen molar-refractivity contribution in [3.8, 4) is 0 Å². The maximum absolute atomic E-state index is 10.7. The van der Waals surface area contributed by atoms with Crippen molar-refractivity contribution in [3.05, 3.63) is 5.21 Å². The van der Waals surface area contributed by atoms with E-state index in [-0.39, 0.29) is 5.54 Å². The molecule has 3 N–H and O–H groups in total. The van der Waals surface area contributed by atoms with Crippen LogP contribution in [0.2, 0.25) is 0 Å². The summed E-state index contributed by atoms with van der Waals surface area (Å²) in [6.45, 7) is 0.406. The zero-order valence-corrected chi connectivity index (χ0v) is 6.26. The molecule has 1 aliphatic carbocycles. The minimum atomic E-state index is -0.204. The molecule has 10 heavy (non-hydrogen) atoms. The third-order valence-electron chi connectivity index (χ3n) is 2.06. The Hall–Kier alpha value is -0.160. The number of hydrogen-bond donors (Lipinski definition) is 2. The molecule has 4 heteroatoms. The molecule has 0 spiro atoms. The van der Waals surface area contributed by atoms with Crippen molar-refractivity contribution in [3.63, 3.8) is 0 Å². The van der Waals surface area contributed by atoms with E-state index in [2.05, 4.69) is 5.43 Å². The molecular weight excluding hydrogens is 130 g/mol. The van der Waals surface area contributed by atoms with Gasteiger partial charge in [-0.05, 0) is 26.3 Å². The molecule has 0 aliphatic heterocycles. The van der Waals surface area contributed by atoms with E-state index in [0.29, 0.717) is 6.54 Å². The predicted octanol–water partition coefficient (Wildman–Crippen LogP) is -0.198. The van der Waals surface area contributed by atoms with E-state index >= 15 is 0 Å². The van der Waals surface area contributed by atoms with Crippen molar-refractivity contribution in [2.45, 2.75) is 24.8 Å². The van der Waals surface area contributed by atoms with Crippen LogP contribution in [0.4, 0.5) is 0 Å². The molecule has 0 atom stereocenters. The van der Waals surface area contributed by atoms with E-state index in [1.807, 2.05) is 0 Å². The summed E-state index contributed by atoms with van der Waals surface area (Å²) in [6.07, 6.45) is 3.12. The highest BCUT2D eigenvalue weighted by Gasteiger charge is 2.32. The fraction of sp³-hybridized carbons (Fsp3) is 1.00. The molecule has 0 saturated heterocycles. The second kappa shape index (κ2) is 2.84. The molecular formula is C6H14N3O-. The zero-order chi connectivity index (χ0) is 7.61. The summed E-state index contributed by atoms with van der Waals surface area (Å²) in [7, 11) is 1.61. The van der Waals surface area contributed by atoms with E-state index in [0.717, 1.165) is 24.4 Å². The van der Waals surface area contributed by atoms with Gasteiger partial charge in [-0.25, -0.2) is 0 Å². The van der Waals surface area contributed by atoms with Gasteiger partial charge in [0, 0.05) is 12.1 Å². The summed E-state index contributed by atoms with van der Waals surface area (Å²) in [5, 5.41) is 11.5. The van der Waals surface area contributed by atoms with Gasteiger partial charge in [0.25, 0.3) is 0 Å². The number of hydroxylamine groups is 1. The molecule has 0 aromatic rings. The number of hydrazine groups is 1. The van der Waals surface area contributed by atoms with Crippen molar-refractivity contribution >= 4 is 0 Å². The van der Waals surface area contributed by atoms with E-state index in [4.69, 9.17) is 5.73 Å². The van der Waals surface area contributed by atoms with Gasteiger partial charge < -0.3 is 16.1 Å². The van der Waals surface area contributed by atoms with Crippen LogP contribution in [0, 0.1) is 5.21 Å². The Bertz CT molecular complexity index is 114. The van der Waals surface area contributed by atoms with Gasteiger partial charge in [0.05, 0.1) is 0 Å². The van der Waals surface area contributed by atoms with E-state index in [9.17, 15) is 5.21 Å². The van der Waals surface area contributed by atoms with Crippen LogP contribution >= 0.6 is 0 Å². The van der Waals surface area contributed by atoms with Crippen molar-refractivity contribution in [2.75, 3.05) is 13.6 Å². The second-order valence-corrected chi connectivity index (χ2v) is 2.98. The molecule has 4 nitrogen and oxygen atoms in total. The van der Waals surface area contributed by atoms with E-state index in [1.165, 1.54) is 0 Å². The van der Waals surface area contributed by atoms with Crippen LogP contribution < -0.4 is 11.2 Å². The topological polar surface area (TPSA) is 64.3 Å². The van der Waals surface area contributed by atoms with Crippen molar-refractivity contribution < 1.29 is 0 Å². The lowest BCUT2D eigenvalue weighted by Crippen LogP contribution is -2.55. The lowest BCUT2D eigenvalue weighted by atomic mass is 9.78. The normalized spacial score (nSPS) is 22.8. The molecule has 1 saturated carbocycles. The highest BCUT2D eigenvalue weighted by Crippen LogP contribution is 2.29. The summed E-state index contributed by atoms with van der Waals surface area (Å²) in [4.78, 5) is 0. The van der Waals surface area contributed by atoms with Crippen LogP contribution in [0.5, 0.6) is 0 Å². The number of nitrogens with zero attached hydrogens (tertiary/aromatic N) is 1. The first-order chi connectivity index (χ1) is 4.66. The first kappa shape index (κ1) is 7.94. The van der Waals surface area contributed by atoms with Gasteiger partial charge in [0.2, 0.25) is 0 Å². The highest BCUT2D eigenvalue weighted by molar-refractivity contribution is 4.94.